The third kappa shape index (κ3) is 2.82. The fourth-order valence-electron chi connectivity index (χ4n) is 3.41. The zero-order valence-corrected chi connectivity index (χ0v) is 12.0. The lowest BCUT2D eigenvalue weighted by Gasteiger charge is -2.38. The number of hydrogen-bond acceptors (Lipinski definition) is 4. The lowest BCUT2D eigenvalue weighted by atomic mass is 10.1. The molecule has 2 aliphatic rings. The molecule has 2 fully saturated rings. The number of fused-ring (bicyclic) bond motifs is 1. The van der Waals surface area contributed by atoms with Crippen LogP contribution in [0.4, 0.5) is 0 Å². The van der Waals surface area contributed by atoms with Gasteiger partial charge in [0.2, 0.25) is 0 Å². The Labute approximate surface area is 120 Å². The molecule has 0 amide bonds. The zero-order valence-electron chi connectivity index (χ0n) is 12.0. The molecule has 1 saturated heterocycles. The van der Waals surface area contributed by atoms with Gasteiger partial charge >= 0.3 is 0 Å². The monoisotopic (exact) mass is 277 g/mol. The Kier molecular flexibility index (Phi) is 4.24. The van der Waals surface area contributed by atoms with E-state index in [4.69, 9.17) is 9.47 Å². The second-order valence-corrected chi connectivity index (χ2v) is 5.69. The average molecular weight is 277 g/mol. The van der Waals surface area contributed by atoms with Crippen LogP contribution in [0.1, 0.15) is 30.9 Å². The molecule has 0 aromatic heterocycles. The van der Waals surface area contributed by atoms with Gasteiger partial charge in [-0.25, -0.2) is 0 Å². The van der Waals surface area contributed by atoms with Gasteiger partial charge in [0.25, 0.3) is 0 Å². The number of hydrogen-bond donors (Lipinski definition) is 1. The highest BCUT2D eigenvalue weighted by molar-refractivity contribution is 5.30. The van der Waals surface area contributed by atoms with Crippen LogP contribution in [0, 0.1) is 0 Å². The summed E-state index contributed by atoms with van der Waals surface area (Å²) >= 11 is 0. The molecule has 3 rings (SSSR count). The third-order valence-corrected chi connectivity index (χ3v) is 4.48. The normalized spacial score (nSPS) is 28.1. The highest BCUT2D eigenvalue weighted by atomic mass is 16.5. The standard InChI is InChI=1S/C16H23NO3/c1-19-13-5-2-4-12(10-13)15(18)11-17-8-9-20-16-7-3-6-14(16)17/h2,4-5,10,14-16,18H,3,6-9,11H2,1H3. The van der Waals surface area contributed by atoms with Gasteiger partial charge in [-0.05, 0) is 37.0 Å². The first-order valence-electron chi connectivity index (χ1n) is 7.45. The van der Waals surface area contributed by atoms with Crippen molar-refractivity contribution in [2.75, 3.05) is 26.8 Å². The van der Waals surface area contributed by atoms with Gasteiger partial charge < -0.3 is 14.6 Å². The molecule has 4 nitrogen and oxygen atoms in total. The molecule has 110 valence electrons. The summed E-state index contributed by atoms with van der Waals surface area (Å²) in [5.74, 6) is 0.794. The van der Waals surface area contributed by atoms with Crippen molar-refractivity contribution in [3.63, 3.8) is 0 Å². The van der Waals surface area contributed by atoms with Crippen molar-refractivity contribution >= 4 is 0 Å². The van der Waals surface area contributed by atoms with Gasteiger partial charge in [-0.1, -0.05) is 12.1 Å². The topological polar surface area (TPSA) is 41.9 Å². The van der Waals surface area contributed by atoms with Crippen molar-refractivity contribution in [1.29, 1.82) is 0 Å². The Bertz CT molecular complexity index is 451. The van der Waals surface area contributed by atoms with E-state index >= 15 is 0 Å². The Morgan fingerprint density at radius 2 is 2.35 bits per heavy atom. The van der Waals surface area contributed by atoms with Crippen LogP contribution in [-0.2, 0) is 4.74 Å². The number of morpholine rings is 1. The smallest absolute Gasteiger partial charge is 0.119 e. The number of β-amino-alcohol motifs (C(OH)–C–C–N with tert-alkyl or cyclic N) is 1. The average Bonchev–Trinajstić information content (AvgIpc) is 2.97. The first-order valence-corrected chi connectivity index (χ1v) is 7.45. The highest BCUT2D eigenvalue weighted by Gasteiger charge is 2.36. The third-order valence-electron chi connectivity index (χ3n) is 4.48. The molecule has 1 saturated carbocycles. The van der Waals surface area contributed by atoms with Crippen molar-refractivity contribution in [2.24, 2.45) is 0 Å². The second-order valence-electron chi connectivity index (χ2n) is 5.69. The van der Waals surface area contributed by atoms with Gasteiger partial charge in [0.15, 0.2) is 0 Å². The van der Waals surface area contributed by atoms with Gasteiger partial charge in [-0.15, -0.1) is 0 Å². The fourth-order valence-corrected chi connectivity index (χ4v) is 3.41. The maximum Gasteiger partial charge on any atom is 0.119 e. The highest BCUT2D eigenvalue weighted by Crippen LogP contribution is 2.31. The molecule has 4 heteroatoms. The minimum atomic E-state index is -0.468. The molecule has 3 atom stereocenters. The predicted molar refractivity (Wildman–Crippen MR) is 76.9 cm³/mol. The summed E-state index contributed by atoms with van der Waals surface area (Å²) in [5.41, 5.74) is 0.922. The van der Waals surface area contributed by atoms with Gasteiger partial charge in [-0.3, -0.25) is 4.90 Å². The van der Waals surface area contributed by atoms with Crippen molar-refractivity contribution < 1.29 is 14.6 Å². The first kappa shape index (κ1) is 13.9. The summed E-state index contributed by atoms with van der Waals surface area (Å²) in [6.45, 7) is 2.38. The van der Waals surface area contributed by atoms with Gasteiger partial charge in [-0.2, -0.15) is 0 Å². The molecule has 0 bridgehead atoms. The van der Waals surface area contributed by atoms with E-state index in [1.807, 2.05) is 24.3 Å². The van der Waals surface area contributed by atoms with E-state index in [2.05, 4.69) is 4.90 Å². The summed E-state index contributed by atoms with van der Waals surface area (Å²) in [5, 5.41) is 10.5. The van der Waals surface area contributed by atoms with Crippen LogP contribution < -0.4 is 4.74 Å². The van der Waals surface area contributed by atoms with Crippen LogP contribution in [0.25, 0.3) is 0 Å². The Hall–Kier alpha value is -1.10. The number of aliphatic hydroxyl groups is 1. The zero-order chi connectivity index (χ0) is 13.9. The molecule has 3 unspecified atom stereocenters. The minimum absolute atomic E-state index is 0.376. The lowest BCUT2D eigenvalue weighted by Crippen LogP contribution is -2.49. The molecule has 1 aromatic carbocycles. The Morgan fingerprint density at radius 1 is 1.45 bits per heavy atom. The number of aliphatic hydroxyl groups excluding tert-OH is 1. The maximum atomic E-state index is 10.5. The quantitative estimate of drug-likeness (QED) is 0.914. The second kappa shape index (κ2) is 6.12. The van der Waals surface area contributed by atoms with Crippen molar-refractivity contribution in [1.82, 2.24) is 4.90 Å². The van der Waals surface area contributed by atoms with E-state index in [1.54, 1.807) is 7.11 Å². The fraction of sp³-hybridized carbons (Fsp3) is 0.625. The molecule has 1 aliphatic heterocycles. The number of methoxy groups -OCH3 is 1. The molecule has 1 N–H and O–H groups in total. The van der Waals surface area contributed by atoms with Crippen LogP contribution in [0.3, 0.4) is 0 Å². The van der Waals surface area contributed by atoms with E-state index in [-0.39, 0.29) is 0 Å². The van der Waals surface area contributed by atoms with Gasteiger partial charge in [0.05, 0.1) is 25.9 Å². The van der Waals surface area contributed by atoms with Crippen LogP contribution in [0.15, 0.2) is 24.3 Å². The molecule has 1 heterocycles. The maximum absolute atomic E-state index is 10.5. The Balaban J connectivity index is 1.66. The van der Waals surface area contributed by atoms with Crippen LogP contribution >= 0.6 is 0 Å². The van der Waals surface area contributed by atoms with Crippen LogP contribution in [0.2, 0.25) is 0 Å². The summed E-state index contributed by atoms with van der Waals surface area (Å²) in [7, 11) is 1.65. The summed E-state index contributed by atoms with van der Waals surface area (Å²) in [6, 6.07) is 8.19. The van der Waals surface area contributed by atoms with Crippen LogP contribution in [0.5, 0.6) is 5.75 Å². The van der Waals surface area contributed by atoms with E-state index in [0.717, 1.165) is 30.9 Å². The lowest BCUT2D eigenvalue weighted by molar-refractivity contribution is -0.0675. The van der Waals surface area contributed by atoms with Crippen molar-refractivity contribution in [3.8, 4) is 5.75 Å². The predicted octanol–water partition coefficient (Wildman–Crippen LogP) is 1.98. The summed E-state index contributed by atoms with van der Waals surface area (Å²) in [6.07, 6.45) is 3.50. The molecule has 0 radical (unpaired) electrons. The summed E-state index contributed by atoms with van der Waals surface area (Å²) in [4.78, 5) is 2.39. The van der Waals surface area contributed by atoms with Crippen molar-refractivity contribution in [3.05, 3.63) is 29.8 Å². The minimum Gasteiger partial charge on any atom is -0.497 e. The molecular formula is C16H23NO3. The molecule has 1 aromatic rings. The van der Waals surface area contributed by atoms with Crippen LogP contribution in [-0.4, -0.2) is 49.0 Å². The number of rotatable bonds is 4. The van der Waals surface area contributed by atoms with Gasteiger partial charge in [0.1, 0.15) is 5.75 Å². The molecule has 1 aliphatic carbocycles. The first-order chi connectivity index (χ1) is 9.78. The van der Waals surface area contributed by atoms with E-state index in [0.29, 0.717) is 18.7 Å². The summed E-state index contributed by atoms with van der Waals surface area (Å²) < 4.78 is 11.0. The van der Waals surface area contributed by atoms with E-state index < -0.39 is 6.10 Å². The number of ether oxygens (including phenoxy) is 2. The van der Waals surface area contributed by atoms with Crippen molar-refractivity contribution in [2.45, 2.75) is 37.5 Å². The van der Waals surface area contributed by atoms with E-state index in [1.165, 1.54) is 12.8 Å². The SMILES string of the molecule is COc1cccc(C(O)CN2CCOC3CCCC32)c1. The molecule has 20 heavy (non-hydrogen) atoms. The number of benzene rings is 1. The molecular weight excluding hydrogens is 254 g/mol. The largest absolute Gasteiger partial charge is 0.497 e. The Morgan fingerprint density at radius 3 is 3.20 bits per heavy atom. The number of nitrogens with zero attached hydrogens (tertiary/aromatic N) is 1. The van der Waals surface area contributed by atoms with E-state index in [9.17, 15) is 5.11 Å². The van der Waals surface area contributed by atoms with Gasteiger partial charge in [0, 0.05) is 19.1 Å². The molecule has 0 spiro atoms.